The second-order valence-corrected chi connectivity index (χ2v) is 2.80. The first kappa shape index (κ1) is 8.59. The molecule has 1 aromatic rings. The molecule has 1 aromatic carbocycles. The van der Waals surface area contributed by atoms with Crippen LogP contribution in [0.15, 0.2) is 12.1 Å². The van der Waals surface area contributed by atoms with Gasteiger partial charge in [0.05, 0.1) is 0 Å². The number of nitrogens with two attached hydrogens (primary N) is 2. The zero-order chi connectivity index (χ0) is 9.30. The van der Waals surface area contributed by atoms with Gasteiger partial charge in [-0.05, 0) is 31.5 Å². The van der Waals surface area contributed by atoms with Crippen molar-refractivity contribution in [2.45, 2.75) is 13.8 Å². The minimum absolute atomic E-state index is 0.0319. The number of carbonyl (C=O) groups excluding carboxylic acids is 1. The topological polar surface area (TPSA) is 69.1 Å². The summed E-state index contributed by atoms with van der Waals surface area (Å²) in [4.78, 5) is 11.0. The van der Waals surface area contributed by atoms with Gasteiger partial charge < -0.3 is 11.5 Å². The number of hydrogen-bond donors (Lipinski definition) is 2. The minimum Gasteiger partial charge on any atom is -0.398 e. The number of hydrogen-bond acceptors (Lipinski definition) is 3. The van der Waals surface area contributed by atoms with Crippen molar-refractivity contribution in [2.24, 2.45) is 0 Å². The van der Waals surface area contributed by atoms with Crippen LogP contribution in [0.2, 0.25) is 0 Å². The van der Waals surface area contributed by atoms with Crippen LogP contribution in [0.25, 0.3) is 0 Å². The third-order valence-electron chi connectivity index (χ3n) is 1.94. The van der Waals surface area contributed by atoms with E-state index in [1.807, 2.05) is 0 Å². The van der Waals surface area contributed by atoms with Crippen molar-refractivity contribution in [3.63, 3.8) is 0 Å². The summed E-state index contributed by atoms with van der Waals surface area (Å²) in [6, 6.07) is 3.35. The van der Waals surface area contributed by atoms with Crippen molar-refractivity contribution in [1.82, 2.24) is 0 Å². The van der Waals surface area contributed by atoms with E-state index in [1.165, 1.54) is 6.92 Å². The second kappa shape index (κ2) is 2.85. The second-order valence-electron chi connectivity index (χ2n) is 2.80. The Hall–Kier alpha value is -1.51. The highest BCUT2D eigenvalue weighted by Crippen LogP contribution is 2.22. The van der Waals surface area contributed by atoms with Crippen LogP contribution in [0.3, 0.4) is 0 Å². The summed E-state index contributed by atoms with van der Waals surface area (Å²) in [6.45, 7) is 3.29. The van der Waals surface area contributed by atoms with Crippen LogP contribution >= 0.6 is 0 Å². The van der Waals surface area contributed by atoms with Gasteiger partial charge in [0.2, 0.25) is 0 Å². The van der Waals surface area contributed by atoms with E-state index < -0.39 is 0 Å². The molecule has 0 radical (unpaired) electrons. The minimum atomic E-state index is -0.0319. The quantitative estimate of drug-likeness (QED) is 0.486. The Morgan fingerprint density at radius 3 is 2.42 bits per heavy atom. The number of Topliss-reactive ketones (excluding diaryl/α,β-unsaturated/α-hetero) is 1. The molecule has 4 N–H and O–H groups in total. The normalized spacial score (nSPS) is 9.83. The molecule has 3 heteroatoms. The fraction of sp³-hybridized carbons (Fsp3) is 0.222. The number of carbonyl (C=O) groups is 1. The van der Waals surface area contributed by atoms with E-state index >= 15 is 0 Å². The van der Waals surface area contributed by atoms with Crippen molar-refractivity contribution < 1.29 is 4.79 Å². The van der Waals surface area contributed by atoms with E-state index in [0.29, 0.717) is 16.9 Å². The van der Waals surface area contributed by atoms with E-state index in [0.717, 1.165) is 5.56 Å². The third kappa shape index (κ3) is 1.25. The zero-order valence-electron chi connectivity index (χ0n) is 7.22. The average Bonchev–Trinajstić information content (AvgIpc) is 2.00. The largest absolute Gasteiger partial charge is 0.398 e. The summed E-state index contributed by atoms with van der Waals surface area (Å²) in [7, 11) is 0. The number of anilines is 2. The molecule has 0 spiro atoms. The molecule has 0 aliphatic carbocycles. The smallest absolute Gasteiger partial charge is 0.161 e. The van der Waals surface area contributed by atoms with Crippen LogP contribution in [0.1, 0.15) is 22.8 Å². The molecule has 0 atom stereocenters. The molecule has 1 rings (SSSR count). The van der Waals surface area contributed by atoms with Crippen molar-refractivity contribution >= 4 is 17.2 Å². The first-order valence-corrected chi connectivity index (χ1v) is 3.69. The van der Waals surface area contributed by atoms with Crippen molar-refractivity contribution in [3.05, 3.63) is 23.3 Å². The monoisotopic (exact) mass is 164 g/mol. The van der Waals surface area contributed by atoms with Gasteiger partial charge in [-0.3, -0.25) is 4.79 Å². The van der Waals surface area contributed by atoms with Crippen LogP contribution in [0, 0.1) is 6.92 Å². The van der Waals surface area contributed by atoms with E-state index in [2.05, 4.69) is 0 Å². The van der Waals surface area contributed by atoms with Crippen LogP contribution in [-0.4, -0.2) is 5.78 Å². The molecule has 64 valence electrons. The molecule has 3 nitrogen and oxygen atoms in total. The zero-order valence-corrected chi connectivity index (χ0v) is 7.22. The van der Waals surface area contributed by atoms with Gasteiger partial charge in [-0.15, -0.1) is 0 Å². The summed E-state index contributed by atoms with van der Waals surface area (Å²) in [5, 5.41) is 0. The molecule has 0 bridgehead atoms. The Bertz CT molecular complexity index is 332. The highest BCUT2D eigenvalue weighted by atomic mass is 16.1. The van der Waals surface area contributed by atoms with Gasteiger partial charge in [0.25, 0.3) is 0 Å². The maximum Gasteiger partial charge on any atom is 0.161 e. The predicted molar refractivity (Wildman–Crippen MR) is 50.0 cm³/mol. The van der Waals surface area contributed by atoms with Crippen LogP contribution in [0.4, 0.5) is 11.4 Å². The number of benzene rings is 1. The highest BCUT2D eigenvalue weighted by molar-refractivity contribution is 6.00. The number of ketones is 1. The molecule has 12 heavy (non-hydrogen) atoms. The standard InChI is InChI=1S/C9H12N2O/c1-5-8(10)4-3-7(6(2)12)9(5)11/h3-4H,10-11H2,1-2H3. The maximum absolute atomic E-state index is 11.0. The highest BCUT2D eigenvalue weighted by Gasteiger charge is 2.07. The fourth-order valence-corrected chi connectivity index (χ4v) is 1.05. The lowest BCUT2D eigenvalue weighted by atomic mass is 10.0. The van der Waals surface area contributed by atoms with Crippen LogP contribution < -0.4 is 11.5 Å². The van der Waals surface area contributed by atoms with E-state index in [1.54, 1.807) is 19.1 Å². The SMILES string of the molecule is CC(=O)c1ccc(N)c(C)c1N. The molecular formula is C9H12N2O. The van der Waals surface area contributed by atoms with Crippen molar-refractivity contribution in [2.75, 3.05) is 11.5 Å². The molecule has 0 amide bonds. The van der Waals surface area contributed by atoms with Gasteiger partial charge in [-0.1, -0.05) is 0 Å². The summed E-state index contributed by atoms with van der Waals surface area (Å²) in [5.41, 5.74) is 13.7. The van der Waals surface area contributed by atoms with Crippen LogP contribution in [-0.2, 0) is 0 Å². The number of rotatable bonds is 1. The lowest BCUT2D eigenvalue weighted by molar-refractivity contribution is 0.101. The van der Waals surface area contributed by atoms with E-state index in [4.69, 9.17) is 11.5 Å². The molecule has 0 unspecified atom stereocenters. The molecule has 0 heterocycles. The molecule has 0 aromatic heterocycles. The molecule has 0 saturated carbocycles. The molecule has 0 fully saturated rings. The molecular weight excluding hydrogens is 152 g/mol. The maximum atomic E-state index is 11.0. The van der Waals surface area contributed by atoms with E-state index in [9.17, 15) is 4.79 Å². The van der Waals surface area contributed by atoms with Gasteiger partial charge in [0.1, 0.15) is 0 Å². The Morgan fingerprint density at radius 1 is 1.33 bits per heavy atom. The van der Waals surface area contributed by atoms with Crippen molar-refractivity contribution in [3.8, 4) is 0 Å². The Kier molecular flexibility index (Phi) is 2.04. The van der Waals surface area contributed by atoms with Crippen molar-refractivity contribution in [1.29, 1.82) is 0 Å². The van der Waals surface area contributed by atoms with Gasteiger partial charge in [-0.2, -0.15) is 0 Å². The predicted octanol–water partition coefficient (Wildman–Crippen LogP) is 1.36. The van der Waals surface area contributed by atoms with Gasteiger partial charge >= 0.3 is 0 Å². The molecule has 0 saturated heterocycles. The fourth-order valence-electron chi connectivity index (χ4n) is 1.05. The Balaban J connectivity index is 3.36. The number of nitrogen functional groups attached to an aromatic ring is 2. The van der Waals surface area contributed by atoms with Gasteiger partial charge in [-0.25, -0.2) is 0 Å². The molecule has 0 aliphatic heterocycles. The lowest BCUT2D eigenvalue weighted by Crippen LogP contribution is -2.03. The summed E-state index contributed by atoms with van der Waals surface area (Å²) >= 11 is 0. The van der Waals surface area contributed by atoms with E-state index in [-0.39, 0.29) is 5.78 Å². The van der Waals surface area contributed by atoms with Gasteiger partial charge in [0.15, 0.2) is 5.78 Å². The third-order valence-corrected chi connectivity index (χ3v) is 1.94. The summed E-state index contributed by atoms with van der Waals surface area (Å²) < 4.78 is 0. The van der Waals surface area contributed by atoms with Gasteiger partial charge in [0, 0.05) is 16.9 Å². The summed E-state index contributed by atoms with van der Waals surface area (Å²) in [6.07, 6.45) is 0. The Labute approximate surface area is 71.4 Å². The first-order valence-electron chi connectivity index (χ1n) is 3.69. The lowest BCUT2D eigenvalue weighted by Gasteiger charge is -2.07. The average molecular weight is 164 g/mol. The first-order chi connectivity index (χ1) is 5.54. The Morgan fingerprint density at radius 2 is 1.92 bits per heavy atom. The van der Waals surface area contributed by atoms with Crippen LogP contribution in [0.5, 0.6) is 0 Å². The summed E-state index contributed by atoms with van der Waals surface area (Å²) in [5.74, 6) is -0.0319. The molecule has 0 aliphatic rings.